The second-order valence-electron chi connectivity index (χ2n) is 3.24. The van der Waals surface area contributed by atoms with E-state index in [9.17, 15) is 0 Å². The van der Waals surface area contributed by atoms with E-state index in [1.807, 2.05) is 24.8 Å². The average molecular weight is 168 g/mol. The van der Waals surface area contributed by atoms with Crippen LogP contribution in [0.3, 0.4) is 0 Å². The second-order valence-corrected chi connectivity index (χ2v) is 3.24. The van der Waals surface area contributed by atoms with E-state index in [-0.39, 0.29) is 0 Å². The highest BCUT2D eigenvalue weighted by atomic mass is 14.6. The summed E-state index contributed by atoms with van der Waals surface area (Å²) in [6, 6.07) is 4.14. The summed E-state index contributed by atoms with van der Waals surface area (Å²) < 4.78 is 0. The van der Waals surface area contributed by atoms with Gasteiger partial charge in [0.05, 0.1) is 0 Å². The number of nitrogens with zero attached hydrogens (tertiary/aromatic N) is 2. The highest BCUT2D eigenvalue weighted by Crippen LogP contribution is 2.34. The number of fused-ring (bicyclic) bond motifs is 3. The molecule has 0 bridgehead atoms. The summed E-state index contributed by atoms with van der Waals surface area (Å²) in [5.74, 6) is 0. The summed E-state index contributed by atoms with van der Waals surface area (Å²) in [5, 5.41) is 0. The lowest BCUT2D eigenvalue weighted by Crippen LogP contribution is -1.80. The van der Waals surface area contributed by atoms with Crippen molar-refractivity contribution in [2.24, 2.45) is 0 Å². The lowest BCUT2D eigenvalue weighted by Gasteiger charge is -1.97. The minimum Gasteiger partial charge on any atom is -0.264 e. The van der Waals surface area contributed by atoms with Crippen molar-refractivity contribution >= 4 is 0 Å². The zero-order chi connectivity index (χ0) is 8.67. The fraction of sp³-hybridized carbons (Fsp3) is 0.0909. The Bertz CT molecular complexity index is 420. The van der Waals surface area contributed by atoms with Gasteiger partial charge in [-0.1, -0.05) is 0 Å². The molecule has 2 nitrogen and oxygen atoms in total. The Morgan fingerprint density at radius 3 is 1.92 bits per heavy atom. The minimum absolute atomic E-state index is 0.979. The molecule has 0 atom stereocenters. The smallest absolute Gasteiger partial charge is 0.0309 e. The van der Waals surface area contributed by atoms with Gasteiger partial charge in [-0.3, -0.25) is 9.97 Å². The molecule has 1 aliphatic carbocycles. The molecule has 13 heavy (non-hydrogen) atoms. The maximum Gasteiger partial charge on any atom is 0.0309 e. The van der Waals surface area contributed by atoms with Crippen molar-refractivity contribution in [3.05, 3.63) is 48.0 Å². The van der Waals surface area contributed by atoms with Crippen LogP contribution in [-0.4, -0.2) is 9.97 Å². The van der Waals surface area contributed by atoms with Gasteiger partial charge in [-0.15, -0.1) is 0 Å². The predicted molar refractivity (Wildman–Crippen MR) is 50.3 cm³/mol. The van der Waals surface area contributed by atoms with Gasteiger partial charge in [0.15, 0.2) is 0 Å². The molecule has 0 saturated heterocycles. The monoisotopic (exact) mass is 168 g/mol. The largest absolute Gasteiger partial charge is 0.264 e. The highest BCUT2D eigenvalue weighted by molar-refractivity contribution is 5.75. The first-order valence-electron chi connectivity index (χ1n) is 4.31. The summed E-state index contributed by atoms with van der Waals surface area (Å²) in [6.45, 7) is 0. The van der Waals surface area contributed by atoms with Crippen molar-refractivity contribution in [2.45, 2.75) is 6.42 Å². The first-order valence-corrected chi connectivity index (χ1v) is 4.31. The van der Waals surface area contributed by atoms with Crippen LogP contribution in [-0.2, 0) is 6.42 Å². The lowest BCUT2D eigenvalue weighted by atomic mass is 10.1. The number of pyridine rings is 2. The van der Waals surface area contributed by atoms with Crippen molar-refractivity contribution in [1.82, 2.24) is 9.97 Å². The van der Waals surface area contributed by atoms with E-state index in [2.05, 4.69) is 22.1 Å². The second kappa shape index (κ2) is 2.39. The van der Waals surface area contributed by atoms with Gasteiger partial charge in [0, 0.05) is 31.2 Å². The van der Waals surface area contributed by atoms with Crippen molar-refractivity contribution in [1.29, 1.82) is 0 Å². The molecular weight excluding hydrogens is 160 g/mol. The Balaban J connectivity index is 2.32. The van der Waals surface area contributed by atoms with E-state index in [0.29, 0.717) is 0 Å². The van der Waals surface area contributed by atoms with Crippen molar-refractivity contribution in [3.63, 3.8) is 0 Å². The maximum atomic E-state index is 4.12. The maximum absolute atomic E-state index is 4.12. The molecule has 0 spiro atoms. The molecule has 1 aliphatic rings. The predicted octanol–water partition coefficient (Wildman–Crippen LogP) is 2.05. The molecule has 2 aromatic heterocycles. The van der Waals surface area contributed by atoms with Gasteiger partial charge in [0.1, 0.15) is 0 Å². The quantitative estimate of drug-likeness (QED) is 0.513. The molecule has 0 aromatic carbocycles. The molecule has 2 heteroatoms. The zero-order valence-electron chi connectivity index (χ0n) is 7.07. The normalized spacial score (nSPS) is 12.3. The van der Waals surface area contributed by atoms with Crippen LogP contribution in [0.5, 0.6) is 0 Å². The Hall–Kier alpha value is -1.70. The summed E-state index contributed by atoms with van der Waals surface area (Å²) in [5.41, 5.74) is 5.25. The van der Waals surface area contributed by atoms with Gasteiger partial charge in [-0.2, -0.15) is 0 Å². The van der Waals surface area contributed by atoms with Crippen molar-refractivity contribution in [3.8, 4) is 11.1 Å². The van der Waals surface area contributed by atoms with Gasteiger partial charge < -0.3 is 0 Å². The third kappa shape index (κ3) is 0.886. The number of rotatable bonds is 0. The van der Waals surface area contributed by atoms with Gasteiger partial charge >= 0.3 is 0 Å². The van der Waals surface area contributed by atoms with Crippen LogP contribution in [0.2, 0.25) is 0 Å². The molecule has 0 fully saturated rings. The Morgan fingerprint density at radius 1 is 0.846 bits per heavy atom. The summed E-state index contributed by atoms with van der Waals surface area (Å²) in [7, 11) is 0. The van der Waals surface area contributed by atoms with E-state index in [1.54, 1.807) is 0 Å². The van der Waals surface area contributed by atoms with Gasteiger partial charge in [0.25, 0.3) is 0 Å². The minimum atomic E-state index is 0.979. The molecule has 0 aliphatic heterocycles. The molecule has 0 radical (unpaired) electrons. The van der Waals surface area contributed by atoms with Crippen molar-refractivity contribution < 1.29 is 0 Å². The summed E-state index contributed by atoms with van der Waals surface area (Å²) >= 11 is 0. The van der Waals surface area contributed by atoms with Crippen LogP contribution in [0.15, 0.2) is 36.9 Å². The molecule has 3 rings (SSSR count). The molecule has 0 unspecified atom stereocenters. The van der Waals surface area contributed by atoms with E-state index in [1.165, 1.54) is 22.3 Å². The summed E-state index contributed by atoms with van der Waals surface area (Å²) in [6.07, 6.45) is 8.54. The first kappa shape index (κ1) is 6.78. The third-order valence-electron chi connectivity index (χ3n) is 2.48. The van der Waals surface area contributed by atoms with Crippen LogP contribution in [0.1, 0.15) is 11.1 Å². The van der Waals surface area contributed by atoms with Crippen LogP contribution in [0, 0.1) is 0 Å². The molecule has 2 heterocycles. The molecule has 0 amide bonds. The Labute approximate surface area is 76.3 Å². The van der Waals surface area contributed by atoms with Crippen LogP contribution in [0.4, 0.5) is 0 Å². The van der Waals surface area contributed by atoms with Gasteiger partial charge in [0.2, 0.25) is 0 Å². The topological polar surface area (TPSA) is 25.8 Å². The fourth-order valence-electron chi connectivity index (χ4n) is 1.87. The summed E-state index contributed by atoms with van der Waals surface area (Å²) in [4.78, 5) is 8.24. The Morgan fingerprint density at radius 2 is 1.38 bits per heavy atom. The van der Waals surface area contributed by atoms with E-state index in [0.717, 1.165) is 6.42 Å². The Kier molecular flexibility index (Phi) is 1.25. The molecule has 62 valence electrons. The van der Waals surface area contributed by atoms with Crippen LogP contribution in [0.25, 0.3) is 11.1 Å². The molecule has 2 aromatic rings. The fourth-order valence-corrected chi connectivity index (χ4v) is 1.87. The van der Waals surface area contributed by atoms with Crippen molar-refractivity contribution in [2.75, 3.05) is 0 Å². The van der Waals surface area contributed by atoms with Gasteiger partial charge in [-0.05, 0) is 34.4 Å². The molecule has 0 N–H and O–H groups in total. The SMILES string of the molecule is c1cc2c(cn1)Cc1cnccc1-2. The van der Waals surface area contributed by atoms with Crippen LogP contribution < -0.4 is 0 Å². The lowest BCUT2D eigenvalue weighted by molar-refractivity contribution is 1.17. The van der Waals surface area contributed by atoms with Gasteiger partial charge in [-0.25, -0.2) is 0 Å². The number of aromatic nitrogens is 2. The first-order chi connectivity index (χ1) is 6.45. The third-order valence-corrected chi connectivity index (χ3v) is 2.48. The zero-order valence-corrected chi connectivity index (χ0v) is 7.07. The number of hydrogen-bond donors (Lipinski definition) is 0. The molecule has 0 saturated carbocycles. The molecular formula is C11H8N2. The van der Waals surface area contributed by atoms with E-state index >= 15 is 0 Å². The standard InChI is InChI=1S/C11H8N2/c1-3-12-6-8-5-9-7-13-4-2-11(9)10(1)8/h1-4,6-7H,5H2. The number of hydrogen-bond acceptors (Lipinski definition) is 2. The average Bonchev–Trinajstić information content (AvgIpc) is 2.56. The van der Waals surface area contributed by atoms with E-state index in [4.69, 9.17) is 0 Å². The van der Waals surface area contributed by atoms with E-state index < -0.39 is 0 Å². The highest BCUT2D eigenvalue weighted by Gasteiger charge is 2.17. The van der Waals surface area contributed by atoms with Crippen LogP contribution >= 0.6 is 0 Å².